The minimum absolute atomic E-state index is 0.0204. The zero-order valence-corrected chi connectivity index (χ0v) is 12.3. The van der Waals surface area contributed by atoms with Gasteiger partial charge < -0.3 is 10.5 Å². The lowest BCUT2D eigenvalue weighted by Crippen LogP contribution is -2.02. The molecule has 0 aliphatic carbocycles. The van der Waals surface area contributed by atoms with Crippen molar-refractivity contribution in [2.45, 2.75) is 23.9 Å². The minimum atomic E-state index is -2.84. The summed E-state index contributed by atoms with van der Waals surface area (Å²) in [6, 6.07) is 8.25. The van der Waals surface area contributed by atoms with Crippen LogP contribution in [0.15, 0.2) is 35.6 Å². The summed E-state index contributed by atoms with van der Waals surface area (Å²) in [7, 11) is 0. The first-order valence-corrected chi connectivity index (χ1v) is 7.11. The topological polar surface area (TPSA) is 84.8 Å². The molecule has 2 aromatic rings. The van der Waals surface area contributed by atoms with Crippen LogP contribution in [0.1, 0.15) is 23.3 Å². The number of thioether (sulfide) groups is 1. The van der Waals surface area contributed by atoms with Crippen molar-refractivity contribution in [1.29, 1.82) is 5.26 Å². The molecule has 2 N–H and O–H groups in total. The van der Waals surface area contributed by atoms with E-state index in [1.165, 1.54) is 30.1 Å². The third-order valence-corrected chi connectivity index (χ3v) is 3.81. The maximum Gasteiger partial charge on any atom is 0.387 e. The smallest absolute Gasteiger partial charge is 0.387 e. The molecule has 0 saturated heterocycles. The number of nitrogens with zero attached hydrogens (tertiary/aromatic N) is 3. The van der Waals surface area contributed by atoms with Crippen molar-refractivity contribution < 1.29 is 13.5 Å². The second-order valence-electron chi connectivity index (χ2n) is 4.27. The van der Waals surface area contributed by atoms with E-state index in [0.29, 0.717) is 5.16 Å². The van der Waals surface area contributed by atoms with Crippen LogP contribution in [0, 0.1) is 11.3 Å². The number of aromatic nitrogens is 2. The van der Waals surface area contributed by atoms with Crippen molar-refractivity contribution in [2.75, 3.05) is 5.73 Å². The van der Waals surface area contributed by atoms with Crippen LogP contribution in [0.2, 0.25) is 0 Å². The van der Waals surface area contributed by atoms with Crippen LogP contribution in [0.25, 0.3) is 0 Å². The highest BCUT2D eigenvalue weighted by molar-refractivity contribution is 7.99. The van der Waals surface area contributed by atoms with E-state index in [1.54, 1.807) is 12.1 Å². The monoisotopic (exact) mass is 322 g/mol. The van der Waals surface area contributed by atoms with E-state index in [2.05, 4.69) is 14.7 Å². The van der Waals surface area contributed by atoms with Crippen LogP contribution >= 0.6 is 11.8 Å². The Hall–Kier alpha value is -2.40. The molecule has 5 nitrogen and oxygen atoms in total. The number of hydrogen-bond donors (Lipinski definition) is 1. The number of rotatable bonds is 5. The Morgan fingerprint density at radius 1 is 1.32 bits per heavy atom. The van der Waals surface area contributed by atoms with Gasteiger partial charge in [0.1, 0.15) is 23.2 Å². The van der Waals surface area contributed by atoms with Crippen LogP contribution in [0.3, 0.4) is 0 Å². The Labute approximate surface area is 130 Å². The molecule has 1 heterocycles. The van der Waals surface area contributed by atoms with Crippen molar-refractivity contribution in [3.8, 4) is 11.8 Å². The SMILES string of the molecule is CC(Sc1ncc(C#N)c(N)n1)c1ccc(OC(F)F)cc1. The molecule has 0 radical (unpaired) electrons. The van der Waals surface area contributed by atoms with E-state index >= 15 is 0 Å². The summed E-state index contributed by atoms with van der Waals surface area (Å²) in [4.78, 5) is 8.11. The van der Waals surface area contributed by atoms with E-state index in [0.717, 1.165) is 5.56 Å². The highest BCUT2D eigenvalue weighted by atomic mass is 32.2. The lowest BCUT2D eigenvalue weighted by atomic mass is 10.2. The van der Waals surface area contributed by atoms with Crippen molar-refractivity contribution in [1.82, 2.24) is 9.97 Å². The molecule has 1 aromatic carbocycles. The molecule has 0 fully saturated rings. The fraction of sp³-hybridized carbons (Fsp3) is 0.214. The first-order chi connectivity index (χ1) is 10.5. The van der Waals surface area contributed by atoms with Gasteiger partial charge in [-0.25, -0.2) is 9.97 Å². The van der Waals surface area contributed by atoms with Crippen molar-refractivity contribution in [2.24, 2.45) is 0 Å². The van der Waals surface area contributed by atoms with Gasteiger partial charge >= 0.3 is 6.61 Å². The molecule has 0 bridgehead atoms. The maximum atomic E-state index is 12.1. The van der Waals surface area contributed by atoms with E-state index in [4.69, 9.17) is 11.0 Å². The highest BCUT2D eigenvalue weighted by Crippen LogP contribution is 2.33. The molecule has 2 rings (SSSR count). The number of anilines is 1. The first kappa shape index (κ1) is 16.0. The summed E-state index contributed by atoms with van der Waals surface area (Å²) in [5, 5.41) is 9.20. The van der Waals surface area contributed by atoms with Gasteiger partial charge in [-0.3, -0.25) is 0 Å². The predicted octanol–water partition coefficient (Wildman–Crippen LogP) is 3.39. The zero-order chi connectivity index (χ0) is 16.1. The van der Waals surface area contributed by atoms with Crippen LogP contribution in [0.4, 0.5) is 14.6 Å². The molecule has 0 amide bonds. The maximum absolute atomic E-state index is 12.1. The lowest BCUT2D eigenvalue weighted by molar-refractivity contribution is -0.0498. The molecular weight excluding hydrogens is 310 g/mol. The predicted molar refractivity (Wildman–Crippen MR) is 78.5 cm³/mol. The Kier molecular flexibility index (Phi) is 5.12. The van der Waals surface area contributed by atoms with Gasteiger partial charge in [0.25, 0.3) is 0 Å². The number of benzene rings is 1. The van der Waals surface area contributed by atoms with Crippen LogP contribution < -0.4 is 10.5 Å². The highest BCUT2D eigenvalue weighted by Gasteiger charge is 2.12. The molecule has 22 heavy (non-hydrogen) atoms. The number of alkyl halides is 2. The zero-order valence-electron chi connectivity index (χ0n) is 11.5. The molecule has 1 aromatic heterocycles. The molecule has 8 heteroatoms. The number of nitrogen functional groups attached to an aromatic ring is 1. The average molecular weight is 322 g/mol. The lowest BCUT2D eigenvalue weighted by Gasteiger charge is -2.12. The van der Waals surface area contributed by atoms with Gasteiger partial charge in [-0.1, -0.05) is 23.9 Å². The van der Waals surface area contributed by atoms with E-state index in [9.17, 15) is 8.78 Å². The van der Waals surface area contributed by atoms with Gasteiger partial charge in [-0.15, -0.1) is 0 Å². The van der Waals surface area contributed by atoms with Crippen LogP contribution in [-0.2, 0) is 0 Å². The van der Waals surface area contributed by atoms with E-state index < -0.39 is 6.61 Å². The Morgan fingerprint density at radius 2 is 2.00 bits per heavy atom. The summed E-state index contributed by atoms with van der Waals surface area (Å²) < 4.78 is 28.5. The summed E-state index contributed by atoms with van der Waals surface area (Å²) >= 11 is 1.35. The third-order valence-electron chi connectivity index (χ3n) is 2.77. The molecule has 1 atom stereocenters. The fourth-order valence-corrected chi connectivity index (χ4v) is 2.54. The minimum Gasteiger partial charge on any atom is -0.435 e. The fourth-order valence-electron chi connectivity index (χ4n) is 1.67. The summed E-state index contributed by atoms with van der Waals surface area (Å²) in [5.74, 6) is 0.239. The van der Waals surface area contributed by atoms with Gasteiger partial charge in [-0.2, -0.15) is 14.0 Å². The molecule has 0 aliphatic rings. The van der Waals surface area contributed by atoms with Crippen LogP contribution in [0.5, 0.6) is 5.75 Å². The van der Waals surface area contributed by atoms with Crippen molar-refractivity contribution in [3.05, 3.63) is 41.6 Å². The molecule has 1 unspecified atom stereocenters. The van der Waals surface area contributed by atoms with Gasteiger partial charge in [0.15, 0.2) is 5.16 Å². The van der Waals surface area contributed by atoms with Gasteiger partial charge in [0.05, 0.1) is 6.20 Å². The van der Waals surface area contributed by atoms with Gasteiger partial charge in [0.2, 0.25) is 0 Å². The van der Waals surface area contributed by atoms with Crippen LogP contribution in [-0.4, -0.2) is 16.6 Å². The van der Waals surface area contributed by atoms with Gasteiger partial charge in [0, 0.05) is 5.25 Å². The Balaban J connectivity index is 2.07. The Bertz CT molecular complexity index is 688. The second kappa shape index (κ2) is 7.04. The summed E-state index contributed by atoms with van der Waals surface area (Å²) in [6.45, 7) is -0.918. The Morgan fingerprint density at radius 3 is 2.55 bits per heavy atom. The quantitative estimate of drug-likeness (QED) is 0.671. The normalized spacial score (nSPS) is 12.0. The largest absolute Gasteiger partial charge is 0.435 e. The second-order valence-corrected chi connectivity index (χ2v) is 5.58. The first-order valence-electron chi connectivity index (χ1n) is 6.23. The van der Waals surface area contributed by atoms with Gasteiger partial charge in [-0.05, 0) is 24.6 Å². The number of nitriles is 1. The molecule has 0 spiro atoms. The summed E-state index contributed by atoms with van der Waals surface area (Å²) in [6.07, 6.45) is 1.37. The molecule has 114 valence electrons. The number of hydrogen-bond acceptors (Lipinski definition) is 6. The van der Waals surface area contributed by atoms with E-state index in [1.807, 2.05) is 13.0 Å². The number of ether oxygens (including phenoxy) is 1. The van der Waals surface area contributed by atoms with E-state index in [-0.39, 0.29) is 22.4 Å². The number of halogens is 2. The van der Waals surface area contributed by atoms with Crippen molar-refractivity contribution in [3.63, 3.8) is 0 Å². The summed E-state index contributed by atoms with van der Waals surface area (Å²) in [5.41, 5.74) is 6.77. The van der Waals surface area contributed by atoms with Crippen molar-refractivity contribution >= 4 is 17.6 Å². The standard InChI is InChI=1S/C14H12F2N4OS/c1-8(9-2-4-11(5-3-9)21-13(15)16)22-14-19-7-10(6-17)12(18)20-14/h2-5,7-8,13H,1H3,(H2,18,19,20). The number of nitrogens with two attached hydrogens (primary N) is 1. The molecular formula is C14H12F2N4OS. The molecule has 0 aliphatic heterocycles. The average Bonchev–Trinajstić information content (AvgIpc) is 2.47. The third kappa shape index (κ3) is 4.05. The molecule has 0 saturated carbocycles.